The number of nitrogens with one attached hydrogen (secondary N) is 1. The van der Waals surface area contributed by atoms with E-state index in [0.29, 0.717) is 25.8 Å². The number of alkyl halides is 3. The minimum absolute atomic E-state index is 0.215. The van der Waals surface area contributed by atoms with Gasteiger partial charge in [0.2, 0.25) is 11.8 Å². The molecule has 0 aromatic carbocycles. The molecule has 1 fully saturated rings. The monoisotopic (exact) mass is 329 g/mol. The van der Waals surface area contributed by atoms with Crippen LogP contribution in [0.1, 0.15) is 24.8 Å². The van der Waals surface area contributed by atoms with Gasteiger partial charge in [0, 0.05) is 25.4 Å². The highest BCUT2D eigenvalue weighted by Gasteiger charge is 2.35. The lowest BCUT2D eigenvalue weighted by atomic mass is 10.1. The van der Waals surface area contributed by atoms with E-state index in [0.717, 1.165) is 5.56 Å². The van der Waals surface area contributed by atoms with E-state index in [2.05, 4.69) is 4.98 Å². The Bertz CT molecular complexity index is 549. The molecular weight excluding hydrogens is 311 g/mol. The molecule has 1 aromatic rings. The van der Waals surface area contributed by atoms with E-state index in [1.807, 2.05) is 5.32 Å². The molecule has 1 atom stereocenters. The predicted octanol–water partition coefficient (Wildman–Crippen LogP) is 1.68. The minimum atomic E-state index is -4.45. The van der Waals surface area contributed by atoms with Crippen molar-refractivity contribution < 1.29 is 22.8 Å². The molecule has 8 heteroatoms. The van der Waals surface area contributed by atoms with Crippen molar-refractivity contribution >= 4 is 11.8 Å². The lowest BCUT2D eigenvalue weighted by molar-refractivity contribution is -0.144. The second kappa shape index (κ2) is 7.43. The zero-order chi connectivity index (χ0) is 16.9. The zero-order valence-corrected chi connectivity index (χ0v) is 12.5. The molecule has 0 radical (unpaired) electrons. The average molecular weight is 329 g/mol. The molecule has 0 spiro atoms. The van der Waals surface area contributed by atoms with Crippen LogP contribution in [-0.4, -0.2) is 47.0 Å². The number of rotatable bonds is 5. The minimum Gasteiger partial charge on any atom is -0.345 e. The molecule has 1 saturated heterocycles. The Morgan fingerprint density at radius 2 is 2.00 bits per heavy atom. The summed E-state index contributed by atoms with van der Waals surface area (Å²) in [5.74, 6) is -0.955. The molecule has 5 nitrogen and oxygen atoms in total. The van der Waals surface area contributed by atoms with Crippen molar-refractivity contribution in [3.05, 3.63) is 30.1 Å². The highest BCUT2D eigenvalue weighted by molar-refractivity contribution is 5.88. The summed E-state index contributed by atoms with van der Waals surface area (Å²) in [7, 11) is 0. The summed E-state index contributed by atoms with van der Waals surface area (Å²) in [6, 6.07) is 2.79. The Kier molecular flexibility index (Phi) is 5.57. The van der Waals surface area contributed by atoms with E-state index in [4.69, 9.17) is 0 Å². The van der Waals surface area contributed by atoms with Crippen LogP contribution >= 0.6 is 0 Å². The van der Waals surface area contributed by atoms with Gasteiger partial charge < -0.3 is 10.2 Å². The number of aromatic nitrogens is 1. The number of amides is 2. The highest BCUT2D eigenvalue weighted by atomic mass is 19.4. The van der Waals surface area contributed by atoms with Gasteiger partial charge in [-0.1, -0.05) is 0 Å². The van der Waals surface area contributed by atoms with Gasteiger partial charge in [-0.25, -0.2) is 0 Å². The number of aryl methyl sites for hydroxylation is 1. The Balaban J connectivity index is 1.87. The molecule has 1 aliphatic rings. The van der Waals surface area contributed by atoms with Crippen LogP contribution in [0.3, 0.4) is 0 Å². The molecule has 0 bridgehead atoms. The number of nitrogens with zero attached hydrogens (tertiary/aromatic N) is 2. The smallest absolute Gasteiger partial charge is 0.345 e. The molecule has 2 heterocycles. The van der Waals surface area contributed by atoms with Gasteiger partial charge in [-0.15, -0.1) is 0 Å². The maximum Gasteiger partial charge on any atom is 0.405 e. The number of carbonyl (C=O) groups is 2. The van der Waals surface area contributed by atoms with Gasteiger partial charge in [-0.3, -0.25) is 14.6 Å². The summed E-state index contributed by atoms with van der Waals surface area (Å²) in [4.78, 5) is 29.4. The van der Waals surface area contributed by atoms with E-state index in [1.165, 1.54) is 4.90 Å². The van der Waals surface area contributed by atoms with Gasteiger partial charge in [-0.2, -0.15) is 13.2 Å². The van der Waals surface area contributed by atoms with Crippen LogP contribution in [0.2, 0.25) is 0 Å². The Morgan fingerprint density at radius 1 is 1.30 bits per heavy atom. The van der Waals surface area contributed by atoms with Crippen LogP contribution in [-0.2, 0) is 16.0 Å². The lowest BCUT2D eigenvalue weighted by Crippen LogP contribution is -2.48. The van der Waals surface area contributed by atoms with Crippen LogP contribution in [0.5, 0.6) is 0 Å². The van der Waals surface area contributed by atoms with Gasteiger partial charge >= 0.3 is 6.18 Å². The van der Waals surface area contributed by atoms with E-state index in [-0.39, 0.29) is 12.3 Å². The molecular formula is C15H18F3N3O2. The van der Waals surface area contributed by atoms with Crippen molar-refractivity contribution in [1.29, 1.82) is 0 Å². The van der Waals surface area contributed by atoms with Gasteiger partial charge in [0.15, 0.2) is 0 Å². The summed E-state index contributed by atoms with van der Waals surface area (Å²) in [6.07, 6.45) is 0.536. The largest absolute Gasteiger partial charge is 0.405 e. The van der Waals surface area contributed by atoms with Crippen LogP contribution in [0.15, 0.2) is 24.5 Å². The van der Waals surface area contributed by atoms with Crippen molar-refractivity contribution in [3.63, 3.8) is 0 Å². The van der Waals surface area contributed by atoms with Crippen LogP contribution in [0.4, 0.5) is 13.2 Å². The first-order chi connectivity index (χ1) is 10.9. The van der Waals surface area contributed by atoms with E-state index in [1.54, 1.807) is 24.5 Å². The molecule has 23 heavy (non-hydrogen) atoms. The third-order valence-corrected chi connectivity index (χ3v) is 3.72. The van der Waals surface area contributed by atoms with Crippen LogP contribution in [0, 0.1) is 0 Å². The topological polar surface area (TPSA) is 62.3 Å². The van der Waals surface area contributed by atoms with Gasteiger partial charge in [0.25, 0.3) is 0 Å². The van der Waals surface area contributed by atoms with Gasteiger partial charge in [0.05, 0.1) is 0 Å². The van der Waals surface area contributed by atoms with E-state index >= 15 is 0 Å². The first kappa shape index (κ1) is 17.2. The van der Waals surface area contributed by atoms with E-state index < -0.39 is 24.7 Å². The van der Waals surface area contributed by atoms with Crippen molar-refractivity contribution in [2.75, 3.05) is 13.1 Å². The Morgan fingerprint density at radius 3 is 2.65 bits per heavy atom. The maximum atomic E-state index is 12.2. The third-order valence-electron chi connectivity index (χ3n) is 3.72. The fourth-order valence-corrected chi connectivity index (χ4v) is 2.59. The fraction of sp³-hybridized carbons (Fsp3) is 0.533. The number of hydrogen-bond acceptors (Lipinski definition) is 3. The number of pyridine rings is 1. The first-order valence-corrected chi connectivity index (χ1v) is 7.39. The van der Waals surface area contributed by atoms with Crippen molar-refractivity contribution in [2.45, 2.75) is 37.9 Å². The van der Waals surface area contributed by atoms with Crippen LogP contribution < -0.4 is 5.32 Å². The molecule has 0 saturated carbocycles. The maximum absolute atomic E-state index is 12.2. The molecule has 2 rings (SSSR count). The van der Waals surface area contributed by atoms with Crippen molar-refractivity contribution in [3.8, 4) is 0 Å². The predicted molar refractivity (Wildman–Crippen MR) is 76.4 cm³/mol. The number of carbonyl (C=O) groups excluding carboxylic acids is 2. The average Bonchev–Trinajstić information content (AvgIpc) is 3.00. The standard InChI is InChI=1S/C15H18F3N3O2/c16-15(17,18)10-20-14(23)12-2-1-9-21(12)13(22)4-3-11-5-7-19-8-6-11/h5-8,12H,1-4,9-10H2,(H,20,23)/t12-/m1/s1. The molecule has 0 unspecified atom stereocenters. The Hall–Kier alpha value is -2.12. The Labute approximate surface area is 131 Å². The first-order valence-electron chi connectivity index (χ1n) is 7.39. The highest BCUT2D eigenvalue weighted by Crippen LogP contribution is 2.20. The summed E-state index contributed by atoms with van der Waals surface area (Å²) in [5.41, 5.74) is 0.950. The van der Waals surface area contributed by atoms with Crippen LogP contribution in [0.25, 0.3) is 0 Å². The summed E-state index contributed by atoms with van der Waals surface area (Å²) >= 11 is 0. The molecule has 0 aliphatic carbocycles. The zero-order valence-electron chi connectivity index (χ0n) is 12.5. The molecule has 2 amide bonds. The lowest BCUT2D eigenvalue weighted by Gasteiger charge is -2.24. The SMILES string of the molecule is O=C(NCC(F)(F)F)[C@H]1CCCN1C(=O)CCc1ccncc1. The number of hydrogen-bond donors (Lipinski definition) is 1. The second-order valence-corrected chi connectivity index (χ2v) is 5.43. The van der Waals surface area contributed by atoms with Gasteiger partial charge in [0.1, 0.15) is 12.6 Å². The molecule has 1 aliphatic heterocycles. The summed E-state index contributed by atoms with van der Waals surface area (Å²) in [6.45, 7) is -0.972. The second-order valence-electron chi connectivity index (χ2n) is 5.43. The molecule has 1 aromatic heterocycles. The molecule has 1 N–H and O–H groups in total. The van der Waals surface area contributed by atoms with Crippen molar-refractivity contribution in [1.82, 2.24) is 15.2 Å². The fourth-order valence-electron chi connectivity index (χ4n) is 2.59. The van der Waals surface area contributed by atoms with Crippen molar-refractivity contribution in [2.24, 2.45) is 0 Å². The number of likely N-dealkylation sites (tertiary alicyclic amines) is 1. The quantitative estimate of drug-likeness (QED) is 0.894. The van der Waals surface area contributed by atoms with E-state index in [9.17, 15) is 22.8 Å². The summed E-state index contributed by atoms with van der Waals surface area (Å²) < 4.78 is 36.5. The third kappa shape index (κ3) is 5.22. The summed E-state index contributed by atoms with van der Waals surface area (Å²) in [5, 5.41) is 1.86. The van der Waals surface area contributed by atoms with Gasteiger partial charge in [-0.05, 0) is 37.0 Å². The normalized spacial score (nSPS) is 18.0. The number of halogens is 3. The molecule has 126 valence electrons.